The maximum Gasteiger partial charge on any atom is 0.259 e. The molecule has 8 heteroatoms. The molecule has 1 N–H and O–H groups in total. The molecular weight excluding hydrogens is 366 g/mol. The highest BCUT2D eigenvalue weighted by molar-refractivity contribution is 7.89. The Morgan fingerprint density at radius 2 is 1.85 bits per heavy atom. The van der Waals surface area contributed by atoms with Crippen LogP contribution in [0.25, 0.3) is 0 Å². The minimum absolute atomic E-state index is 0.0503. The molecule has 1 atom stereocenters. The normalized spacial score (nSPS) is 17.7. The molecule has 0 aromatic heterocycles. The van der Waals surface area contributed by atoms with E-state index in [0.717, 1.165) is 19.3 Å². The first kappa shape index (κ1) is 21.2. The summed E-state index contributed by atoms with van der Waals surface area (Å²) in [6.07, 6.45) is 2.82. The van der Waals surface area contributed by atoms with E-state index in [1.165, 1.54) is 28.6 Å². The predicted octanol–water partition coefficient (Wildman–Crippen LogP) is 2.29. The molecule has 0 saturated carbocycles. The number of benzene rings is 1. The number of nitrogens with one attached hydrogen (secondary N) is 1. The van der Waals surface area contributed by atoms with Gasteiger partial charge in [-0.1, -0.05) is 20.3 Å². The monoisotopic (exact) mass is 393 g/mol. The van der Waals surface area contributed by atoms with Crippen LogP contribution in [0, 0.1) is 17.2 Å². The molecule has 0 spiro atoms. The van der Waals surface area contributed by atoms with Crippen molar-refractivity contribution in [2.75, 3.05) is 19.7 Å². The Bertz CT molecular complexity index is 793. The van der Waals surface area contributed by atoms with Crippen LogP contribution in [0.2, 0.25) is 0 Å². The van der Waals surface area contributed by atoms with E-state index >= 15 is 0 Å². The summed E-state index contributed by atoms with van der Waals surface area (Å²) in [5.41, 5.74) is -0.965. The summed E-state index contributed by atoms with van der Waals surface area (Å²) in [5.74, 6) is -0.0607. The number of nitriles is 1. The molecule has 1 amide bonds. The van der Waals surface area contributed by atoms with E-state index in [-0.39, 0.29) is 17.4 Å². The minimum atomic E-state index is -3.48. The number of ether oxygens (including phenoxy) is 1. The highest BCUT2D eigenvalue weighted by atomic mass is 32.2. The molecule has 2 rings (SSSR count). The topological polar surface area (TPSA) is 99.5 Å². The van der Waals surface area contributed by atoms with E-state index in [4.69, 9.17) is 4.74 Å². The lowest BCUT2D eigenvalue weighted by atomic mass is 9.90. The Morgan fingerprint density at radius 1 is 1.26 bits per heavy atom. The smallest absolute Gasteiger partial charge is 0.259 e. The average molecular weight is 394 g/mol. The standard InChI is InChI=1S/C19H27N3O4S/c1-15(2)19(3,14-20)21-18(23)13-26-16-7-9-17(10-8-16)27(24,25)22-11-5-4-6-12-22/h7-10,15H,4-6,11-13H2,1-3H3,(H,21,23). The quantitative estimate of drug-likeness (QED) is 0.766. The maximum atomic E-state index is 12.6. The maximum absolute atomic E-state index is 12.6. The van der Waals surface area contributed by atoms with Crippen molar-refractivity contribution < 1.29 is 17.9 Å². The van der Waals surface area contributed by atoms with E-state index in [2.05, 4.69) is 11.4 Å². The van der Waals surface area contributed by atoms with Crippen LogP contribution in [0.5, 0.6) is 5.75 Å². The fourth-order valence-corrected chi connectivity index (χ4v) is 4.26. The Labute approximate surface area is 161 Å². The van der Waals surface area contributed by atoms with Crippen LogP contribution in [-0.4, -0.2) is 43.9 Å². The molecule has 148 valence electrons. The minimum Gasteiger partial charge on any atom is -0.484 e. The summed E-state index contributed by atoms with van der Waals surface area (Å²) in [6.45, 7) is 6.22. The summed E-state index contributed by atoms with van der Waals surface area (Å²) in [7, 11) is -3.48. The van der Waals surface area contributed by atoms with Gasteiger partial charge in [-0.05, 0) is 49.9 Å². The second-order valence-corrected chi connectivity index (χ2v) is 9.18. The van der Waals surface area contributed by atoms with Gasteiger partial charge in [0, 0.05) is 13.1 Å². The van der Waals surface area contributed by atoms with Crippen molar-refractivity contribution in [1.82, 2.24) is 9.62 Å². The molecule has 1 unspecified atom stereocenters. The molecule has 1 aliphatic rings. The Kier molecular flexibility index (Phi) is 6.84. The van der Waals surface area contributed by atoms with Crippen molar-refractivity contribution in [2.24, 2.45) is 5.92 Å². The number of hydrogen-bond acceptors (Lipinski definition) is 5. The molecular formula is C19H27N3O4S. The van der Waals surface area contributed by atoms with E-state index in [1.54, 1.807) is 6.92 Å². The zero-order valence-corrected chi connectivity index (χ0v) is 16.9. The third-order valence-corrected chi connectivity index (χ3v) is 6.85. The lowest BCUT2D eigenvalue weighted by Crippen LogP contribution is -2.50. The Morgan fingerprint density at radius 3 is 2.37 bits per heavy atom. The lowest BCUT2D eigenvalue weighted by Gasteiger charge is -2.27. The largest absolute Gasteiger partial charge is 0.484 e. The highest BCUT2D eigenvalue weighted by Gasteiger charge is 2.30. The van der Waals surface area contributed by atoms with E-state index < -0.39 is 21.5 Å². The summed E-state index contributed by atoms with van der Waals surface area (Å²) in [6, 6.07) is 8.16. The fraction of sp³-hybridized carbons (Fsp3) is 0.579. The van der Waals surface area contributed by atoms with Gasteiger partial charge in [-0.15, -0.1) is 0 Å². The molecule has 27 heavy (non-hydrogen) atoms. The van der Waals surface area contributed by atoms with Crippen LogP contribution in [0.1, 0.15) is 40.0 Å². The van der Waals surface area contributed by atoms with Crippen LogP contribution in [-0.2, 0) is 14.8 Å². The molecule has 0 radical (unpaired) electrons. The van der Waals surface area contributed by atoms with Crippen molar-refractivity contribution in [3.05, 3.63) is 24.3 Å². The van der Waals surface area contributed by atoms with Gasteiger partial charge in [0.2, 0.25) is 10.0 Å². The van der Waals surface area contributed by atoms with E-state index in [0.29, 0.717) is 18.8 Å². The van der Waals surface area contributed by atoms with Crippen molar-refractivity contribution in [3.63, 3.8) is 0 Å². The summed E-state index contributed by atoms with van der Waals surface area (Å²) in [5, 5.41) is 11.9. The van der Waals surface area contributed by atoms with Gasteiger partial charge in [-0.3, -0.25) is 4.79 Å². The molecule has 1 aliphatic heterocycles. The van der Waals surface area contributed by atoms with E-state index in [1.807, 2.05) is 13.8 Å². The number of rotatable bonds is 7. The average Bonchev–Trinajstić information content (AvgIpc) is 2.67. The molecule has 0 aliphatic carbocycles. The number of nitrogens with zero attached hydrogens (tertiary/aromatic N) is 2. The van der Waals surface area contributed by atoms with Gasteiger partial charge in [0.1, 0.15) is 11.3 Å². The fourth-order valence-electron chi connectivity index (χ4n) is 2.74. The first-order chi connectivity index (χ1) is 12.7. The molecule has 7 nitrogen and oxygen atoms in total. The van der Waals surface area contributed by atoms with Gasteiger partial charge >= 0.3 is 0 Å². The number of amides is 1. The number of sulfonamides is 1. The summed E-state index contributed by atoms with van der Waals surface area (Å²) >= 11 is 0. The molecule has 1 heterocycles. The molecule has 1 fully saturated rings. The van der Waals surface area contributed by atoms with Crippen LogP contribution < -0.4 is 10.1 Å². The van der Waals surface area contributed by atoms with Gasteiger partial charge in [-0.2, -0.15) is 9.57 Å². The second kappa shape index (κ2) is 8.72. The number of carbonyl (C=O) groups excluding carboxylic acids is 1. The Hall–Kier alpha value is -2.11. The predicted molar refractivity (Wildman–Crippen MR) is 102 cm³/mol. The number of piperidine rings is 1. The summed E-state index contributed by atoms with van der Waals surface area (Å²) < 4.78 is 32.1. The van der Waals surface area contributed by atoms with Crippen LogP contribution in [0.3, 0.4) is 0 Å². The van der Waals surface area contributed by atoms with Crippen molar-refractivity contribution in [3.8, 4) is 11.8 Å². The Balaban J connectivity index is 1.96. The van der Waals surface area contributed by atoms with Crippen LogP contribution >= 0.6 is 0 Å². The molecule has 1 aromatic rings. The summed E-state index contributed by atoms with van der Waals surface area (Å²) in [4.78, 5) is 12.3. The number of carbonyl (C=O) groups is 1. The van der Waals surface area contributed by atoms with E-state index in [9.17, 15) is 18.5 Å². The molecule has 0 bridgehead atoms. The van der Waals surface area contributed by atoms with Crippen LogP contribution in [0.4, 0.5) is 0 Å². The molecule has 1 saturated heterocycles. The van der Waals surface area contributed by atoms with Crippen molar-refractivity contribution in [2.45, 2.75) is 50.5 Å². The lowest BCUT2D eigenvalue weighted by molar-refractivity contribution is -0.124. The van der Waals surface area contributed by atoms with Crippen LogP contribution in [0.15, 0.2) is 29.2 Å². The molecule has 1 aromatic carbocycles. The van der Waals surface area contributed by atoms with Gasteiger partial charge < -0.3 is 10.1 Å². The van der Waals surface area contributed by atoms with Crippen molar-refractivity contribution >= 4 is 15.9 Å². The van der Waals surface area contributed by atoms with Gasteiger partial charge in [0.25, 0.3) is 5.91 Å². The first-order valence-electron chi connectivity index (χ1n) is 9.14. The van der Waals surface area contributed by atoms with Gasteiger partial charge in [0.15, 0.2) is 6.61 Å². The third-order valence-electron chi connectivity index (χ3n) is 4.93. The zero-order chi connectivity index (χ0) is 20.1. The second-order valence-electron chi connectivity index (χ2n) is 7.24. The first-order valence-corrected chi connectivity index (χ1v) is 10.6. The third kappa shape index (κ3) is 5.21. The highest BCUT2D eigenvalue weighted by Crippen LogP contribution is 2.22. The number of hydrogen-bond donors (Lipinski definition) is 1. The van der Waals surface area contributed by atoms with Gasteiger partial charge in [-0.25, -0.2) is 8.42 Å². The van der Waals surface area contributed by atoms with Gasteiger partial charge in [0.05, 0.1) is 11.0 Å². The SMILES string of the molecule is CC(C)C(C)(C#N)NC(=O)COc1ccc(S(=O)(=O)N2CCCCC2)cc1. The zero-order valence-electron chi connectivity index (χ0n) is 16.1. The van der Waals surface area contributed by atoms with Crippen molar-refractivity contribution in [1.29, 1.82) is 5.26 Å².